The molecule has 3 fully saturated rings. The van der Waals surface area contributed by atoms with Gasteiger partial charge in [0, 0.05) is 19.6 Å². The van der Waals surface area contributed by atoms with Crippen LogP contribution in [0.3, 0.4) is 0 Å². The Balaban J connectivity index is 0.000000387. The number of hydrogen-bond donors (Lipinski definition) is 1. The van der Waals surface area contributed by atoms with Crippen LogP contribution in [0, 0.1) is 0 Å². The van der Waals surface area contributed by atoms with Crippen LogP contribution in [0.2, 0.25) is 0 Å². The average molecular weight is 454 g/mol. The van der Waals surface area contributed by atoms with Gasteiger partial charge in [-0.05, 0) is 6.42 Å². The molecule has 8 nitrogen and oxygen atoms in total. The van der Waals surface area contributed by atoms with E-state index in [-0.39, 0.29) is 0 Å². The molecule has 0 amide bonds. The normalized spacial score (nSPS) is 25.7. The van der Waals surface area contributed by atoms with Crippen molar-refractivity contribution in [2.75, 3.05) is 45.8 Å². The Bertz CT molecular complexity index is 607. The van der Waals surface area contributed by atoms with Gasteiger partial charge in [-0.15, -0.1) is 0 Å². The molecule has 3 aliphatic rings. The zero-order chi connectivity index (χ0) is 21.7. The van der Waals surface area contributed by atoms with Gasteiger partial charge in [0.2, 0.25) is 0 Å². The molecule has 0 aromatic rings. The molecular weight excluding hydrogens is 434 g/mol. The third kappa shape index (κ3) is 8.91. The number of hydrogen-bond acceptors (Lipinski definition) is 6. The van der Waals surface area contributed by atoms with Gasteiger partial charge in [-0.3, -0.25) is 9.45 Å². The fourth-order valence-corrected chi connectivity index (χ4v) is 2.54. The van der Waals surface area contributed by atoms with Crippen LogP contribution < -0.4 is 0 Å². The standard InChI is InChI=1S/C9H19N2.2CHF3O3S/c1-2-6-11-7-3-10(4-8-11)5-9-11;2*2-1(3,4)8(5,6)7/h2-9H2,1H3;2*(H,5,6,7)/q+1;;/p-1. The lowest BCUT2D eigenvalue weighted by Crippen LogP contribution is -2.67. The fraction of sp³-hybridized carbons (Fsp3) is 1.00. The highest BCUT2D eigenvalue weighted by molar-refractivity contribution is 7.86. The third-order valence-electron chi connectivity index (χ3n) is 3.95. The molecular formula is C11H20F6N2O6S2. The summed E-state index contributed by atoms with van der Waals surface area (Å²) >= 11 is 0. The van der Waals surface area contributed by atoms with Crippen molar-refractivity contribution >= 4 is 20.2 Å². The van der Waals surface area contributed by atoms with Gasteiger partial charge in [0.25, 0.3) is 0 Å². The summed E-state index contributed by atoms with van der Waals surface area (Å²) in [4.78, 5) is 2.61. The molecule has 0 saturated carbocycles. The van der Waals surface area contributed by atoms with Crippen molar-refractivity contribution in [2.24, 2.45) is 0 Å². The predicted molar refractivity (Wildman–Crippen MR) is 79.8 cm³/mol. The van der Waals surface area contributed by atoms with Gasteiger partial charge in [0.05, 0.1) is 26.2 Å². The second kappa shape index (κ2) is 9.21. The van der Waals surface area contributed by atoms with Gasteiger partial charge >= 0.3 is 21.1 Å². The Morgan fingerprint density at radius 1 is 0.926 bits per heavy atom. The molecule has 0 aliphatic carbocycles. The molecule has 164 valence electrons. The number of piperazine rings is 3. The molecule has 3 saturated heterocycles. The molecule has 0 aromatic carbocycles. The number of fused-ring (bicyclic) bond motifs is 3. The summed E-state index contributed by atoms with van der Waals surface area (Å²) in [5, 5.41) is 0. The fourth-order valence-electron chi connectivity index (χ4n) is 2.54. The first kappa shape index (κ1) is 26.3. The number of rotatable bonds is 2. The van der Waals surface area contributed by atoms with Crippen LogP contribution in [0.15, 0.2) is 0 Å². The van der Waals surface area contributed by atoms with Gasteiger partial charge in [-0.1, -0.05) is 6.92 Å². The molecule has 3 rings (SSSR count). The highest BCUT2D eigenvalue weighted by Gasteiger charge is 2.44. The van der Waals surface area contributed by atoms with Crippen molar-refractivity contribution in [3.63, 3.8) is 0 Å². The van der Waals surface area contributed by atoms with Crippen LogP contribution in [0.25, 0.3) is 0 Å². The maximum absolute atomic E-state index is 10.7. The smallest absolute Gasteiger partial charge is 0.522 e. The van der Waals surface area contributed by atoms with E-state index in [4.69, 9.17) is 25.9 Å². The van der Waals surface area contributed by atoms with Crippen molar-refractivity contribution < 1.29 is 56.8 Å². The molecule has 3 heterocycles. The van der Waals surface area contributed by atoms with E-state index in [1.54, 1.807) is 0 Å². The minimum atomic E-state index is -6.09. The summed E-state index contributed by atoms with van der Waals surface area (Å²) in [5.41, 5.74) is -11.2. The summed E-state index contributed by atoms with van der Waals surface area (Å²) in [5.74, 6) is 0. The first-order chi connectivity index (χ1) is 11.8. The molecule has 27 heavy (non-hydrogen) atoms. The van der Waals surface area contributed by atoms with Crippen LogP contribution in [-0.2, 0) is 20.2 Å². The molecule has 0 unspecified atom stereocenters. The molecule has 1 N–H and O–H groups in total. The predicted octanol–water partition coefficient (Wildman–Crippen LogP) is 0.988. The number of quaternary nitrogens is 1. The van der Waals surface area contributed by atoms with Crippen LogP contribution in [0.5, 0.6) is 0 Å². The van der Waals surface area contributed by atoms with Crippen molar-refractivity contribution in [3.8, 4) is 0 Å². The third-order valence-corrected chi connectivity index (χ3v) is 5.10. The Morgan fingerprint density at radius 3 is 1.41 bits per heavy atom. The Morgan fingerprint density at radius 2 is 1.22 bits per heavy atom. The zero-order valence-corrected chi connectivity index (χ0v) is 15.8. The zero-order valence-electron chi connectivity index (χ0n) is 14.1. The summed E-state index contributed by atoms with van der Waals surface area (Å²) in [6.07, 6.45) is 1.36. The van der Waals surface area contributed by atoms with Crippen molar-refractivity contribution in [3.05, 3.63) is 0 Å². The van der Waals surface area contributed by atoms with Gasteiger partial charge in [-0.2, -0.15) is 34.8 Å². The Kier molecular flexibility index (Phi) is 8.98. The van der Waals surface area contributed by atoms with E-state index in [2.05, 4.69) is 11.8 Å². The average Bonchev–Trinajstić information content (AvgIpc) is 2.46. The molecule has 16 heteroatoms. The van der Waals surface area contributed by atoms with E-state index in [9.17, 15) is 26.3 Å². The molecule has 3 aliphatic heterocycles. The SMILES string of the molecule is CCC[N+]12CCN(CC1)CC2.O=S(=O)(O)C(F)(F)F.O=S(=O)([O-])C(F)(F)F. The van der Waals surface area contributed by atoms with Crippen molar-refractivity contribution in [1.82, 2.24) is 4.90 Å². The number of alkyl halides is 6. The first-order valence-corrected chi connectivity index (χ1v) is 10.3. The highest BCUT2D eigenvalue weighted by atomic mass is 32.2. The van der Waals surface area contributed by atoms with E-state index in [1.807, 2.05) is 0 Å². The van der Waals surface area contributed by atoms with Crippen LogP contribution in [-0.4, -0.2) is 92.2 Å². The maximum atomic E-state index is 10.7. The highest BCUT2D eigenvalue weighted by Crippen LogP contribution is 2.21. The summed E-state index contributed by atoms with van der Waals surface area (Å²) < 4.78 is 118. The molecule has 0 radical (unpaired) electrons. The Labute approximate surface area is 152 Å². The van der Waals surface area contributed by atoms with Crippen LogP contribution >= 0.6 is 0 Å². The van der Waals surface area contributed by atoms with Crippen LogP contribution in [0.4, 0.5) is 26.3 Å². The van der Waals surface area contributed by atoms with E-state index in [0.29, 0.717) is 0 Å². The lowest BCUT2D eigenvalue weighted by atomic mass is 10.1. The largest absolute Gasteiger partial charge is 0.741 e. The second-order valence-electron chi connectivity index (χ2n) is 5.90. The second-order valence-corrected chi connectivity index (χ2v) is 8.68. The van der Waals surface area contributed by atoms with Gasteiger partial charge < -0.3 is 9.04 Å². The minimum Gasteiger partial charge on any atom is -0.741 e. The topological polar surface area (TPSA) is 115 Å². The quantitative estimate of drug-likeness (QED) is 0.286. The Hall–Kier alpha value is -0.680. The molecule has 0 spiro atoms. The minimum absolute atomic E-state index is 1.36. The van der Waals surface area contributed by atoms with E-state index >= 15 is 0 Å². The summed E-state index contributed by atoms with van der Waals surface area (Å²) in [6, 6.07) is 0. The molecule has 0 atom stereocenters. The lowest BCUT2D eigenvalue weighted by Gasteiger charge is -2.50. The van der Waals surface area contributed by atoms with Gasteiger partial charge in [-0.25, -0.2) is 8.42 Å². The lowest BCUT2D eigenvalue weighted by molar-refractivity contribution is -0.941. The molecule has 2 bridgehead atoms. The van der Waals surface area contributed by atoms with Crippen molar-refractivity contribution in [2.45, 2.75) is 24.4 Å². The van der Waals surface area contributed by atoms with E-state index < -0.39 is 31.3 Å². The van der Waals surface area contributed by atoms with E-state index in [1.165, 1.54) is 56.7 Å². The molecule has 0 aromatic heterocycles. The summed E-state index contributed by atoms with van der Waals surface area (Å²) in [7, 11) is -11.9. The van der Waals surface area contributed by atoms with Gasteiger partial charge in [0.1, 0.15) is 0 Å². The van der Waals surface area contributed by atoms with Crippen molar-refractivity contribution in [1.29, 1.82) is 0 Å². The van der Waals surface area contributed by atoms with Gasteiger partial charge in [0.15, 0.2) is 10.1 Å². The monoisotopic (exact) mass is 454 g/mol. The number of nitrogens with zero attached hydrogens (tertiary/aromatic N) is 2. The maximum Gasteiger partial charge on any atom is 0.522 e. The number of halogens is 6. The van der Waals surface area contributed by atoms with E-state index in [0.717, 1.165) is 0 Å². The summed E-state index contributed by atoms with van der Waals surface area (Å²) in [6.45, 7) is 12.1. The first-order valence-electron chi connectivity index (χ1n) is 7.48. The van der Waals surface area contributed by atoms with Crippen LogP contribution in [0.1, 0.15) is 13.3 Å².